The van der Waals surface area contributed by atoms with Gasteiger partial charge in [-0.25, -0.2) is 0 Å². The highest BCUT2D eigenvalue weighted by molar-refractivity contribution is 6.03. The first-order valence-corrected chi connectivity index (χ1v) is 11.2. The van der Waals surface area contributed by atoms with Crippen LogP contribution in [-0.2, 0) is 16.0 Å². The molecule has 0 saturated carbocycles. The lowest BCUT2D eigenvalue weighted by Gasteiger charge is -2.26. The van der Waals surface area contributed by atoms with Crippen LogP contribution in [0, 0.1) is 0 Å². The molecule has 1 unspecified atom stereocenters. The van der Waals surface area contributed by atoms with Crippen molar-refractivity contribution in [2.45, 2.75) is 25.5 Å². The van der Waals surface area contributed by atoms with E-state index in [1.807, 2.05) is 24.4 Å². The molecular formula is C24H29ClN4O4. The van der Waals surface area contributed by atoms with Gasteiger partial charge in [-0.15, -0.1) is 12.4 Å². The number of benzene rings is 1. The number of fused-ring (bicyclic) bond motifs is 1. The van der Waals surface area contributed by atoms with Gasteiger partial charge in [0.05, 0.1) is 30.6 Å². The van der Waals surface area contributed by atoms with Crippen molar-refractivity contribution < 1.29 is 19.4 Å². The standard InChI is InChI=1S/C24H28N4O4.ClH/c29-23(26-14-18-2-1-9-32-18)17-4-6-20-19(12-17)22(24(30)27-20)21-5-3-16(13-25-21)15-28-7-10-31-11-8-28;/h3-6,12-13,18,27,30H,1-2,7-11,14-15H2,(H,26,29);1H. The molecule has 0 aliphatic carbocycles. The number of aromatic nitrogens is 2. The Morgan fingerprint density at radius 1 is 1.21 bits per heavy atom. The number of H-pyrrole nitrogens is 1. The van der Waals surface area contributed by atoms with Gasteiger partial charge in [-0.05, 0) is 42.7 Å². The summed E-state index contributed by atoms with van der Waals surface area (Å²) in [6.07, 6.45) is 3.95. The van der Waals surface area contributed by atoms with Crippen LogP contribution in [0.25, 0.3) is 22.2 Å². The smallest absolute Gasteiger partial charge is 0.251 e. The highest BCUT2D eigenvalue weighted by atomic mass is 35.5. The van der Waals surface area contributed by atoms with Gasteiger partial charge in [0, 0.05) is 55.4 Å². The average Bonchev–Trinajstić information content (AvgIpc) is 3.45. The zero-order chi connectivity index (χ0) is 21.9. The molecule has 2 aliphatic rings. The lowest BCUT2D eigenvalue weighted by molar-refractivity contribution is 0.0341. The van der Waals surface area contributed by atoms with Crippen molar-refractivity contribution in [2.24, 2.45) is 0 Å². The van der Waals surface area contributed by atoms with Gasteiger partial charge < -0.3 is 24.9 Å². The Balaban J connectivity index is 0.00000259. The van der Waals surface area contributed by atoms with Crippen LogP contribution < -0.4 is 5.32 Å². The van der Waals surface area contributed by atoms with E-state index in [0.717, 1.165) is 68.8 Å². The minimum atomic E-state index is -0.150. The Morgan fingerprint density at radius 2 is 2.06 bits per heavy atom. The van der Waals surface area contributed by atoms with E-state index in [-0.39, 0.29) is 30.3 Å². The Morgan fingerprint density at radius 3 is 2.79 bits per heavy atom. The number of amides is 1. The second-order valence-electron chi connectivity index (χ2n) is 8.39. The minimum Gasteiger partial charge on any atom is -0.494 e. The van der Waals surface area contributed by atoms with Gasteiger partial charge in [0.2, 0.25) is 0 Å². The summed E-state index contributed by atoms with van der Waals surface area (Å²) in [5.74, 6) is -0.104. The van der Waals surface area contributed by atoms with Gasteiger partial charge in [0.1, 0.15) is 0 Å². The molecular weight excluding hydrogens is 444 g/mol. The zero-order valence-corrected chi connectivity index (χ0v) is 19.2. The fourth-order valence-electron chi connectivity index (χ4n) is 4.38. The van der Waals surface area contributed by atoms with E-state index in [1.54, 1.807) is 12.1 Å². The lowest BCUT2D eigenvalue weighted by Crippen LogP contribution is -2.35. The molecule has 1 amide bonds. The minimum absolute atomic E-state index is 0. The van der Waals surface area contributed by atoms with Gasteiger partial charge >= 0.3 is 0 Å². The van der Waals surface area contributed by atoms with Crippen LogP contribution >= 0.6 is 12.4 Å². The number of aromatic hydroxyl groups is 1. The molecule has 5 rings (SSSR count). The summed E-state index contributed by atoms with van der Waals surface area (Å²) in [5.41, 5.74) is 3.68. The highest BCUT2D eigenvalue weighted by Gasteiger charge is 2.19. The molecule has 3 N–H and O–H groups in total. The number of nitrogens with one attached hydrogen (secondary N) is 2. The van der Waals surface area contributed by atoms with Gasteiger partial charge in [-0.2, -0.15) is 0 Å². The Bertz CT molecular complexity index is 1090. The summed E-state index contributed by atoms with van der Waals surface area (Å²) in [5, 5.41) is 14.3. The summed E-state index contributed by atoms with van der Waals surface area (Å²) in [4.78, 5) is 22.6. The van der Waals surface area contributed by atoms with Crippen LogP contribution in [0.1, 0.15) is 28.8 Å². The molecule has 33 heavy (non-hydrogen) atoms. The summed E-state index contributed by atoms with van der Waals surface area (Å²) >= 11 is 0. The van der Waals surface area contributed by atoms with Crippen molar-refractivity contribution in [1.29, 1.82) is 0 Å². The van der Waals surface area contributed by atoms with Gasteiger partial charge in [-0.1, -0.05) is 6.07 Å². The predicted octanol–water partition coefficient (Wildman–Crippen LogP) is 3.10. The van der Waals surface area contributed by atoms with E-state index in [2.05, 4.69) is 20.2 Å². The molecule has 9 heteroatoms. The van der Waals surface area contributed by atoms with Crippen LogP contribution in [-0.4, -0.2) is 71.4 Å². The predicted molar refractivity (Wildman–Crippen MR) is 128 cm³/mol. The van der Waals surface area contributed by atoms with Crippen molar-refractivity contribution in [3.8, 4) is 17.1 Å². The molecule has 176 valence electrons. The van der Waals surface area contributed by atoms with Crippen molar-refractivity contribution in [3.05, 3.63) is 47.7 Å². The molecule has 2 aromatic heterocycles. The fourth-order valence-corrected chi connectivity index (χ4v) is 4.38. The number of carbonyl (C=O) groups is 1. The summed E-state index contributed by atoms with van der Waals surface area (Å²) in [6, 6.07) is 9.32. The van der Waals surface area contributed by atoms with Crippen molar-refractivity contribution >= 4 is 29.2 Å². The average molecular weight is 473 g/mol. The molecule has 0 radical (unpaired) electrons. The number of aromatic amines is 1. The second kappa shape index (κ2) is 10.5. The molecule has 8 nitrogen and oxygen atoms in total. The molecule has 4 heterocycles. The molecule has 2 aliphatic heterocycles. The normalized spacial score (nSPS) is 18.8. The number of carbonyl (C=O) groups excluding carboxylic acids is 1. The fraction of sp³-hybridized carbons (Fsp3) is 0.417. The Hall–Kier alpha value is -2.65. The van der Waals surface area contributed by atoms with E-state index in [1.165, 1.54) is 0 Å². The molecule has 2 saturated heterocycles. The van der Waals surface area contributed by atoms with E-state index in [4.69, 9.17) is 9.47 Å². The maximum atomic E-state index is 12.7. The van der Waals surface area contributed by atoms with Crippen LogP contribution in [0.4, 0.5) is 0 Å². The molecule has 1 atom stereocenters. The maximum absolute atomic E-state index is 12.7. The van der Waals surface area contributed by atoms with E-state index >= 15 is 0 Å². The molecule has 2 fully saturated rings. The van der Waals surface area contributed by atoms with E-state index in [0.29, 0.717) is 23.4 Å². The SMILES string of the molecule is Cl.O=C(NCC1CCCO1)c1ccc2[nH]c(O)c(-c3ccc(CN4CCOCC4)cn3)c2c1. The summed E-state index contributed by atoms with van der Waals surface area (Å²) in [7, 11) is 0. The van der Waals surface area contributed by atoms with Crippen molar-refractivity contribution in [3.63, 3.8) is 0 Å². The zero-order valence-electron chi connectivity index (χ0n) is 18.4. The van der Waals surface area contributed by atoms with Gasteiger partial charge in [0.15, 0.2) is 5.88 Å². The highest BCUT2D eigenvalue weighted by Crippen LogP contribution is 2.36. The third-order valence-electron chi connectivity index (χ3n) is 6.15. The third-order valence-corrected chi connectivity index (χ3v) is 6.15. The molecule has 3 aromatic rings. The van der Waals surface area contributed by atoms with Gasteiger partial charge in [-0.3, -0.25) is 14.7 Å². The number of pyridine rings is 1. The topological polar surface area (TPSA) is 99.7 Å². The van der Waals surface area contributed by atoms with Crippen LogP contribution in [0.3, 0.4) is 0 Å². The first-order valence-electron chi connectivity index (χ1n) is 11.2. The number of ether oxygens (including phenoxy) is 2. The third kappa shape index (κ3) is 5.30. The molecule has 1 aromatic carbocycles. The first kappa shape index (κ1) is 23.5. The summed E-state index contributed by atoms with van der Waals surface area (Å²) < 4.78 is 11.0. The number of rotatable bonds is 6. The van der Waals surface area contributed by atoms with E-state index < -0.39 is 0 Å². The second-order valence-corrected chi connectivity index (χ2v) is 8.39. The largest absolute Gasteiger partial charge is 0.494 e. The quantitative estimate of drug-likeness (QED) is 0.510. The molecule has 0 spiro atoms. The Labute approximate surface area is 198 Å². The van der Waals surface area contributed by atoms with Gasteiger partial charge in [0.25, 0.3) is 5.91 Å². The summed E-state index contributed by atoms with van der Waals surface area (Å²) in [6.45, 7) is 5.46. The first-order chi connectivity index (χ1) is 15.7. The monoisotopic (exact) mass is 472 g/mol. The number of nitrogens with zero attached hydrogens (tertiary/aromatic N) is 2. The number of hydrogen-bond acceptors (Lipinski definition) is 6. The number of halogens is 1. The lowest BCUT2D eigenvalue weighted by atomic mass is 10.1. The Kier molecular flexibility index (Phi) is 7.49. The van der Waals surface area contributed by atoms with E-state index in [9.17, 15) is 9.90 Å². The van der Waals surface area contributed by atoms with Crippen LogP contribution in [0.15, 0.2) is 36.5 Å². The number of morpholine rings is 1. The van der Waals surface area contributed by atoms with Crippen LogP contribution in [0.5, 0.6) is 5.88 Å². The van der Waals surface area contributed by atoms with Crippen molar-refractivity contribution in [2.75, 3.05) is 39.5 Å². The van der Waals surface area contributed by atoms with Crippen molar-refractivity contribution in [1.82, 2.24) is 20.2 Å². The maximum Gasteiger partial charge on any atom is 0.251 e. The number of hydrogen-bond donors (Lipinski definition) is 3. The van der Waals surface area contributed by atoms with Crippen LogP contribution in [0.2, 0.25) is 0 Å². The molecule has 0 bridgehead atoms.